The van der Waals surface area contributed by atoms with Crippen molar-refractivity contribution in [3.8, 4) is 0 Å². The van der Waals surface area contributed by atoms with Crippen LogP contribution in [0, 0.1) is 5.92 Å². The zero-order chi connectivity index (χ0) is 11.1. The number of aryl methyl sites for hydroxylation is 1. The maximum absolute atomic E-state index is 4.13. The summed E-state index contributed by atoms with van der Waals surface area (Å²) in [6.07, 6.45) is 6.10. The molecule has 1 unspecified atom stereocenters. The first-order valence-corrected chi connectivity index (χ1v) is 5.86. The van der Waals surface area contributed by atoms with Crippen LogP contribution < -0.4 is 5.32 Å². The maximum atomic E-state index is 4.13. The van der Waals surface area contributed by atoms with Crippen LogP contribution >= 0.6 is 0 Å². The van der Waals surface area contributed by atoms with E-state index in [1.54, 1.807) is 0 Å². The Morgan fingerprint density at radius 2 is 2.20 bits per heavy atom. The molecular weight excluding hydrogens is 184 g/mol. The third-order valence-corrected chi connectivity index (χ3v) is 2.74. The second-order valence-electron chi connectivity index (χ2n) is 4.31. The van der Waals surface area contributed by atoms with E-state index in [0.717, 1.165) is 13.0 Å². The van der Waals surface area contributed by atoms with E-state index in [2.05, 4.69) is 37.1 Å². The molecule has 0 spiro atoms. The van der Waals surface area contributed by atoms with Crippen molar-refractivity contribution in [2.45, 2.75) is 39.7 Å². The van der Waals surface area contributed by atoms with E-state index in [9.17, 15) is 0 Å². The number of aromatic nitrogens is 1. The molecule has 0 amide bonds. The van der Waals surface area contributed by atoms with Gasteiger partial charge in [0.2, 0.25) is 0 Å². The average molecular weight is 206 g/mol. The van der Waals surface area contributed by atoms with Crippen LogP contribution in [0.5, 0.6) is 0 Å². The fourth-order valence-corrected chi connectivity index (χ4v) is 1.80. The van der Waals surface area contributed by atoms with Gasteiger partial charge in [0.25, 0.3) is 0 Å². The molecule has 0 aliphatic rings. The fourth-order valence-electron chi connectivity index (χ4n) is 1.80. The predicted octanol–water partition coefficient (Wildman–Crippen LogP) is 2.65. The van der Waals surface area contributed by atoms with Crippen molar-refractivity contribution in [2.24, 2.45) is 5.92 Å². The van der Waals surface area contributed by atoms with Gasteiger partial charge in [-0.15, -0.1) is 0 Å². The van der Waals surface area contributed by atoms with E-state index < -0.39 is 0 Å². The van der Waals surface area contributed by atoms with Crippen LogP contribution in [0.15, 0.2) is 24.5 Å². The summed E-state index contributed by atoms with van der Waals surface area (Å²) in [4.78, 5) is 4.13. The standard InChI is InChI=1S/C13H22N2/c1-4-15-13(11(2)3)8-7-12-6-5-9-14-10-12/h5-6,9-11,13,15H,4,7-8H2,1-3H3. The highest BCUT2D eigenvalue weighted by Gasteiger charge is 2.11. The quantitative estimate of drug-likeness (QED) is 0.774. The number of hydrogen-bond donors (Lipinski definition) is 1. The molecule has 0 bridgehead atoms. The highest BCUT2D eigenvalue weighted by molar-refractivity contribution is 5.08. The van der Waals surface area contributed by atoms with Gasteiger partial charge in [0, 0.05) is 18.4 Å². The van der Waals surface area contributed by atoms with Crippen molar-refractivity contribution < 1.29 is 0 Å². The van der Waals surface area contributed by atoms with Gasteiger partial charge < -0.3 is 5.32 Å². The van der Waals surface area contributed by atoms with Crippen LogP contribution in [0.1, 0.15) is 32.8 Å². The van der Waals surface area contributed by atoms with Crippen molar-refractivity contribution in [3.63, 3.8) is 0 Å². The summed E-state index contributed by atoms with van der Waals surface area (Å²) in [5.74, 6) is 0.696. The monoisotopic (exact) mass is 206 g/mol. The van der Waals surface area contributed by atoms with Crippen molar-refractivity contribution in [1.29, 1.82) is 0 Å². The molecule has 2 nitrogen and oxygen atoms in total. The van der Waals surface area contributed by atoms with Crippen LogP contribution in [-0.4, -0.2) is 17.6 Å². The minimum atomic E-state index is 0.621. The Kier molecular flexibility index (Phi) is 5.33. The normalized spacial score (nSPS) is 13.1. The van der Waals surface area contributed by atoms with E-state index in [4.69, 9.17) is 0 Å². The van der Waals surface area contributed by atoms with Gasteiger partial charge >= 0.3 is 0 Å². The average Bonchev–Trinajstić information content (AvgIpc) is 2.25. The van der Waals surface area contributed by atoms with Gasteiger partial charge in [-0.3, -0.25) is 4.98 Å². The molecule has 1 N–H and O–H groups in total. The van der Waals surface area contributed by atoms with Crippen LogP contribution in [0.25, 0.3) is 0 Å². The van der Waals surface area contributed by atoms with Gasteiger partial charge in [-0.1, -0.05) is 26.8 Å². The summed E-state index contributed by atoms with van der Waals surface area (Å²) in [5, 5.41) is 3.53. The van der Waals surface area contributed by atoms with Crippen LogP contribution in [0.4, 0.5) is 0 Å². The molecule has 1 rings (SSSR count). The number of nitrogens with zero attached hydrogens (tertiary/aromatic N) is 1. The minimum Gasteiger partial charge on any atom is -0.314 e. The Labute approximate surface area is 93.1 Å². The van der Waals surface area contributed by atoms with Gasteiger partial charge in [-0.2, -0.15) is 0 Å². The molecule has 0 aliphatic heterocycles. The van der Waals surface area contributed by atoms with Crippen molar-refractivity contribution in [2.75, 3.05) is 6.54 Å². The van der Waals surface area contributed by atoms with Crippen molar-refractivity contribution >= 4 is 0 Å². The molecule has 0 aromatic carbocycles. The first-order chi connectivity index (χ1) is 7.24. The molecule has 2 heteroatoms. The van der Waals surface area contributed by atoms with Crippen LogP contribution in [0.2, 0.25) is 0 Å². The Bertz CT molecular complexity index is 256. The lowest BCUT2D eigenvalue weighted by atomic mass is 9.97. The number of nitrogens with one attached hydrogen (secondary N) is 1. The predicted molar refractivity (Wildman–Crippen MR) is 64.9 cm³/mol. The van der Waals surface area contributed by atoms with Gasteiger partial charge in [0.15, 0.2) is 0 Å². The minimum absolute atomic E-state index is 0.621. The summed E-state index contributed by atoms with van der Waals surface area (Å²) < 4.78 is 0. The smallest absolute Gasteiger partial charge is 0.0299 e. The van der Waals surface area contributed by atoms with E-state index in [1.807, 2.05) is 18.5 Å². The third-order valence-electron chi connectivity index (χ3n) is 2.74. The molecule has 84 valence electrons. The Balaban J connectivity index is 2.40. The third kappa shape index (κ3) is 4.43. The molecule has 0 saturated heterocycles. The summed E-state index contributed by atoms with van der Waals surface area (Å²) in [7, 11) is 0. The lowest BCUT2D eigenvalue weighted by Crippen LogP contribution is -2.34. The lowest BCUT2D eigenvalue weighted by molar-refractivity contribution is 0.385. The molecule has 1 aromatic heterocycles. The second-order valence-corrected chi connectivity index (χ2v) is 4.31. The summed E-state index contributed by atoms with van der Waals surface area (Å²) in [6, 6.07) is 4.78. The van der Waals surface area contributed by atoms with Gasteiger partial charge in [0.1, 0.15) is 0 Å². The maximum Gasteiger partial charge on any atom is 0.0299 e. The molecule has 15 heavy (non-hydrogen) atoms. The fraction of sp³-hybridized carbons (Fsp3) is 0.615. The number of hydrogen-bond acceptors (Lipinski definition) is 2. The Morgan fingerprint density at radius 3 is 2.73 bits per heavy atom. The van der Waals surface area contributed by atoms with Crippen molar-refractivity contribution in [3.05, 3.63) is 30.1 Å². The van der Waals surface area contributed by atoms with E-state index in [1.165, 1.54) is 12.0 Å². The van der Waals surface area contributed by atoms with Crippen LogP contribution in [0.3, 0.4) is 0 Å². The topological polar surface area (TPSA) is 24.9 Å². The van der Waals surface area contributed by atoms with E-state index in [0.29, 0.717) is 12.0 Å². The summed E-state index contributed by atoms with van der Waals surface area (Å²) in [6.45, 7) is 7.77. The number of rotatable bonds is 6. The molecule has 0 fully saturated rings. The van der Waals surface area contributed by atoms with Gasteiger partial charge in [-0.05, 0) is 36.9 Å². The first-order valence-electron chi connectivity index (χ1n) is 5.86. The molecule has 1 aromatic rings. The van der Waals surface area contributed by atoms with Crippen LogP contribution in [-0.2, 0) is 6.42 Å². The van der Waals surface area contributed by atoms with Gasteiger partial charge in [0.05, 0.1) is 0 Å². The molecule has 0 saturated carbocycles. The first kappa shape index (κ1) is 12.2. The zero-order valence-electron chi connectivity index (χ0n) is 10.0. The molecular formula is C13H22N2. The zero-order valence-corrected chi connectivity index (χ0v) is 10.0. The molecule has 1 heterocycles. The Hall–Kier alpha value is -0.890. The lowest BCUT2D eigenvalue weighted by Gasteiger charge is -2.21. The highest BCUT2D eigenvalue weighted by atomic mass is 14.9. The second kappa shape index (κ2) is 6.57. The van der Waals surface area contributed by atoms with E-state index >= 15 is 0 Å². The SMILES string of the molecule is CCNC(CCc1cccnc1)C(C)C. The number of pyridine rings is 1. The Morgan fingerprint density at radius 1 is 1.40 bits per heavy atom. The summed E-state index contributed by atoms with van der Waals surface area (Å²) in [5.41, 5.74) is 1.33. The molecule has 1 atom stereocenters. The summed E-state index contributed by atoms with van der Waals surface area (Å²) >= 11 is 0. The van der Waals surface area contributed by atoms with Crippen molar-refractivity contribution in [1.82, 2.24) is 10.3 Å². The molecule has 0 aliphatic carbocycles. The highest BCUT2D eigenvalue weighted by Crippen LogP contribution is 2.10. The van der Waals surface area contributed by atoms with E-state index in [-0.39, 0.29) is 0 Å². The largest absolute Gasteiger partial charge is 0.314 e. The van der Waals surface area contributed by atoms with Gasteiger partial charge in [-0.25, -0.2) is 0 Å². The molecule has 0 radical (unpaired) electrons.